The number of ether oxygens (including phenoxy) is 3. The molecule has 2 N–H and O–H groups in total. The molecular formula is C12H19NO3. The molecule has 0 spiro atoms. The van der Waals surface area contributed by atoms with Crippen LogP contribution in [-0.2, 0) is 14.2 Å². The zero-order valence-corrected chi connectivity index (χ0v) is 10.0. The summed E-state index contributed by atoms with van der Waals surface area (Å²) in [5.41, 5.74) is 7.51. The van der Waals surface area contributed by atoms with Crippen molar-refractivity contribution in [2.24, 2.45) is 0 Å². The van der Waals surface area contributed by atoms with E-state index in [0.717, 1.165) is 5.69 Å². The lowest BCUT2D eigenvalue weighted by Crippen LogP contribution is -2.35. The Bertz CT molecular complexity index is 280. The Kier molecular flexibility index (Phi) is 4.73. The fourth-order valence-electron chi connectivity index (χ4n) is 1.01. The topological polar surface area (TPSA) is 53.7 Å². The molecule has 0 atom stereocenters. The molecule has 1 fully saturated rings. The fourth-order valence-corrected chi connectivity index (χ4v) is 1.01. The minimum Gasteiger partial charge on any atom is -0.399 e. The molecular weight excluding hydrogens is 206 g/mol. The highest BCUT2D eigenvalue weighted by molar-refractivity contribution is 5.38. The van der Waals surface area contributed by atoms with Gasteiger partial charge in [0.05, 0.1) is 0 Å². The number of rotatable bonds is 0. The van der Waals surface area contributed by atoms with E-state index < -0.39 is 5.79 Å². The Morgan fingerprint density at radius 1 is 1.06 bits per heavy atom. The molecule has 0 aliphatic carbocycles. The molecule has 1 aromatic rings. The molecule has 2 rings (SSSR count). The number of aryl methyl sites for hydroxylation is 1. The summed E-state index contributed by atoms with van der Waals surface area (Å²) in [6.45, 7) is 6.44. The maximum atomic E-state index is 5.43. The van der Waals surface area contributed by atoms with Crippen molar-refractivity contribution in [3.63, 3.8) is 0 Å². The minimum atomic E-state index is -0.446. The number of hydrogen-bond acceptors (Lipinski definition) is 4. The van der Waals surface area contributed by atoms with Gasteiger partial charge in [-0.05, 0) is 32.9 Å². The molecule has 0 bridgehead atoms. The Balaban J connectivity index is 0.000000160. The van der Waals surface area contributed by atoms with Gasteiger partial charge in [0.2, 0.25) is 0 Å². The molecule has 1 aliphatic rings. The molecule has 1 heterocycles. The summed E-state index contributed by atoms with van der Waals surface area (Å²) in [5.74, 6) is -0.446. The molecule has 16 heavy (non-hydrogen) atoms. The van der Waals surface area contributed by atoms with Crippen molar-refractivity contribution in [2.45, 2.75) is 26.6 Å². The summed E-state index contributed by atoms with van der Waals surface area (Å²) < 4.78 is 14.8. The van der Waals surface area contributed by atoms with Crippen LogP contribution in [0.3, 0.4) is 0 Å². The van der Waals surface area contributed by atoms with E-state index >= 15 is 0 Å². The lowest BCUT2D eigenvalue weighted by molar-refractivity contribution is -0.344. The third kappa shape index (κ3) is 5.11. The Hall–Kier alpha value is -1.10. The minimum absolute atomic E-state index is 0.340. The van der Waals surface area contributed by atoms with Crippen LogP contribution < -0.4 is 5.73 Å². The van der Waals surface area contributed by atoms with Gasteiger partial charge in [-0.15, -0.1) is 0 Å². The van der Waals surface area contributed by atoms with Gasteiger partial charge in [-0.3, -0.25) is 0 Å². The van der Waals surface area contributed by atoms with Crippen LogP contribution in [0.5, 0.6) is 0 Å². The van der Waals surface area contributed by atoms with Gasteiger partial charge in [0.1, 0.15) is 0 Å². The summed E-state index contributed by atoms with van der Waals surface area (Å²) in [7, 11) is 0. The molecule has 4 nitrogen and oxygen atoms in total. The van der Waals surface area contributed by atoms with Gasteiger partial charge >= 0.3 is 0 Å². The fraction of sp³-hybridized carbons (Fsp3) is 0.500. The van der Waals surface area contributed by atoms with Crippen molar-refractivity contribution in [1.29, 1.82) is 0 Å². The molecule has 0 unspecified atom stereocenters. The highest BCUT2D eigenvalue weighted by Crippen LogP contribution is 2.14. The standard InChI is InChI=1S/C7H9N.C5H10O3/c1-6-2-4-7(8)5-3-6;1-5(2)7-3-6-4-8-5/h2-5H,8H2,1H3;3-4H2,1-2H3. The number of hydrogen-bond donors (Lipinski definition) is 1. The van der Waals surface area contributed by atoms with Gasteiger partial charge in [-0.2, -0.15) is 0 Å². The zero-order chi connectivity index (χ0) is 12.0. The quantitative estimate of drug-likeness (QED) is 0.688. The first kappa shape index (κ1) is 13.0. The average Bonchev–Trinajstić information content (AvgIpc) is 2.23. The second-order valence-corrected chi connectivity index (χ2v) is 4.04. The van der Waals surface area contributed by atoms with Crippen LogP contribution in [0.15, 0.2) is 24.3 Å². The van der Waals surface area contributed by atoms with E-state index in [1.54, 1.807) is 0 Å². The number of nitrogen functional groups attached to an aromatic ring is 1. The highest BCUT2D eigenvalue weighted by atomic mass is 16.9. The van der Waals surface area contributed by atoms with E-state index in [9.17, 15) is 0 Å². The molecule has 90 valence electrons. The van der Waals surface area contributed by atoms with Gasteiger partial charge in [-0.25, -0.2) is 0 Å². The lowest BCUT2D eigenvalue weighted by Gasteiger charge is -2.29. The molecule has 1 aromatic carbocycles. The largest absolute Gasteiger partial charge is 0.399 e. The Labute approximate surface area is 96.3 Å². The van der Waals surface area contributed by atoms with E-state index in [4.69, 9.17) is 19.9 Å². The second kappa shape index (κ2) is 5.84. The maximum Gasteiger partial charge on any atom is 0.168 e. The molecule has 1 aliphatic heterocycles. The second-order valence-electron chi connectivity index (χ2n) is 4.04. The maximum absolute atomic E-state index is 5.43. The van der Waals surface area contributed by atoms with Crippen LogP contribution in [0, 0.1) is 6.92 Å². The van der Waals surface area contributed by atoms with Gasteiger partial charge in [-0.1, -0.05) is 17.7 Å². The van der Waals surface area contributed by atoms with Gasteiger partial charge in [0.15, 0.2) is 19.4 Å². The highest BCUT2D eigenvalue weighted by Gasteiger charge is 2.22. The van der Waals surface area contributed by atoms with Crippen molar-refractivity contribution >= 4 is 5.69 Å². The molecule has 0 amide bonds. The number of nitrogens with two attached hydrogens (primary N) is 1. The van der Waals surface area contributed by atoms with Gasteiger partial charge in [0.25, 0.3) is 0 Å². The predicted octanol–water partition coefficient (Wildman–Crippen LogP) is 2.28. The van der Waals surface area contributed by atoms with Crippen molar-refractivity contribution in [3.05, 3.63) is 29.8 Å². The molecule has 4 heteroatoms. The Morgan fingerprint density at radius 3 is 1.88 bits per heavy atom. The smallest absolute Gasteiger partial charge is 0.168 e. The van der Waals surface area contributed by atoms with Crippen LogP contribution in [0.25, 0.3) is 0 Å². The van der Waals surface area contributed by atoms with Crippen LogP contribution in [0.4, 0.5) is 5.69 Å². The summed E-state index contributed by atoms with van der Waals surface area (Å²) in [6, 6.07) is 7.79. The van der Waals surface area contributed by atoms with E-state index in [1.807, 2.05) is 45.0 Å². The van der Waals surface area contributed by atoms with Crippen molar-refractivity contribution in [3.8, 4) is 0 Å². The molecule has 1 saturated heterocycles. The molecule has 0 saturated carbocycles. The number of anilines is 1. The van der Waals surface area contributed by atoms with E-state index in [1.165, 1.54) is 5.56 Å². The van der Waals surface area contributed by atoms with E-state index in [-0.39, 0.29) is 0 Å². The normalized spacial score (nSPS) is 18.4. The van der Waals surface area contributed by atoms with Crippen LogP contribution in [0.1, 0.15) is 19.4 Å². The first-order valence-corrected chi connectivity index (χ1v) is 5.17. The summed E-state index contributed by atoms with van der Waals surface area (Å²) in [5, 5.41) is 0. The van der Waals surface area contributed by atoms with Crippen LogP contribution >= 0.6 is 0 Å². The van der Waals surface area contributed by atoms with E-state index in [0.29, 0.717) is 13.6 Å². The van der Waals surface area contributed by atoms with Crippen molar-refractivity contribution in [2.75, 3.05) is 19.3 Å². The third-order valence-corrected chi connectivity index (χ3v) is 2.06. The predicted molar refractivity (Wildman–Crippen MR) is 62.7 cm³/mol. The summed E-state index contributed by atoms with van der Waals surface area (Å²) >= 11 is 0. The summed E-state index contributed by atoms with van der Waals surface area (Å²) in [6.07, 6.45) is 0. The zero-order valence-electron chi connectivity index (χ0n) is 10.0. The number of benzene rings is 1. The monoisotopic (exact) mass is 225 g/mol. The molecule has 0 radical (unpaired) electrons. The van der Waals surface area contributed by atoms with Crippen molar-refractivity contribution in [1.82, 2.24) is 0 Å². The van der Waals surface area contributed by atoms with Gasteiger partial charge in [0, 0.05) is 5.69 Å². The SMILES string of the molecule is CC1(C)OCOCO1.Cc1ccc(N)cc1. The van der Waals surface area contributed by atoms with Gasteiger partial charge < -0.3 is 19.9 Å². The molecule has 0 aromatic heterocycles. The first-order valence-electron chi connectivity index (χ1n) is 5.17. The lowest BCUT2D eigenvalue weighted by atomic mass is 10.2. The third-order valence-electron chi connectivity index (χ3n) is 2.06. The van der Waals surface area contributed by atoms with Crippen LogP contribution in [-0.4, -0.2) is 19.4 Å². The first-order chi connectivity index (χ1) is 7.49. The Morgan fingerprint density at radius 2 is 1.56 bits per heavy atom. The summed E-state index contributed by atoms with van der Waals surface area (Å²) in [4.78, 5) is 0. The van der Waals surface area contributed by atoms with Crippen molar-refractivity contribution < 1.29 is 14.2 Å². The van der Waals surface area contributed by atoms with Crippen LogP contribution in [0.2, 0.25) is 0 Å². The van der Waals surface area contributed by atoms with E-state index in [2.05, 4.69) is 0 Å². The average molecular weight is 225 g/mol.